The lowest BCUT2D eigenvalue weighted by molar-refractivity contribution is 0.0697. The Hall–Kier alpha value is -3.69. The number of aromatic nitrogens is 5. The number of nitrogen functional groups attached to an aromatic ring is 2. The Morgan fingerprint density at radius 3 is 2.86 bits per heavy atom. The van der Waals surface area contributed by atoms with E-state index in [-0.39, 0.29) is 17.3 Å². The molecule has 2 aromatic heterocycles. The van der Waals surface area contributed by atoms with Gasteiger partial charge in [-0.3, -0.25) is 0 Å². The average molecular weight is 383 g/mol. The van der Waals surface area contributed by atoms with Gasteiger partial charge in [-0.2, -0.15) is 4.98 Å². The van der Waals surface area contributed by atoms with Crippen molar-refractivity contribution in [1.29, 1.82) is 0 Å². The van der Waals surface area contributed by atoms with Gasteiger partial charge in [0.25, 0.3) is 0 Å². The van der Waals surface area contributed by atoms with Crippen LogP contribution in [0.4, 0.5) is 11.8 Å². The number of hydrogen-bond acceptors (Lipinski definition) is 8. The summed E-state index contributed by atoms with van der Waals surface area (Å²) in [6.07, 6.45) is 3.71. The number of benzene rings is 1. The number of hydrogen-bond donors (Lipinski definition) is 3. The molecular formula is C18H21N7O3. The fraction of sp³-hybridized carbons (Fsp3) is 0.278. The second-order valence-corrected chi connectivity index (χ2v) is 6.06. The summed E-state index contributed by atoms with van der Waals surface area (Å²) in [6, 6.07) is 6.50. The van der Waals surface area contributed by atoms with Crippen molar-refractivity contribution < 1.29 is 14.6 Å². The third-order valence-corrected chi connectivity index (χ3v) is 4.04. The van der Waals surface area contributed by atoms with Crippen molar-refractivity contribution in [3.63, 3.8) is 0 Å². The van der Waals surface area contributed by atoms with E-state index in [0.717, 1.165) is 5.69 Å². The summed E-state index contributed by atoms with van der Waals surface area (Å²) >= 11 is 0. The number of nitrogens with zero attached hydrogens (tertiary/aromatic N) is 5. The topological polar surface area (TPSA) is 155 Å². The van der Waals surface area contributed by atoms with Crippen LogP contribution in [0.2, 0.25) is 0 Å². The first-order valence-electron chi connectivity index (χ1n) is 8.77. The van der Waals surface area contributed by atoms with Gasteiger partial charge in [-0.05, 0) is 37.5 Å². The minimum absolute atomic E-state index is 0.130. The number of anilines is 2. The first-order chi connectivity index (χ1) is 13.5. The number of carboxylic acids is 1. The monoisotopic (exact) mass is 383 g/mol. The van der Waals surface area contributed by atoms with Gasteiger partial charge < -0.3 is 21.3 Å². The average Bonchev–Trinajstić information content (AvgIpc) is 3.15. The van der Waals surface area contributed by atoms with Crippen molar-refractivity contribution in [2.45, 2.75) is 26.2 Å². The molecule has 2 heterocycles. The molecule has 5 N–H and O–H groups in total. The van der Waals surface area contributed by atoms with Crippen molar-refractivity contribution in [2.75, 3.05) is 18.1 Å². The Bertz CT molecular complexity index is 987. The molecule has 1 aromatic carbocycles. The van der Waals surface area contributed by atoms with E-state index in [0.29, 0.717) is 43.0 Å². The Labute approximate surface area is 161 Å². The Morgan fingerprint density at radius 2 is 2.11 bits per heavy atom. The number of ether oxygens (including phenoxy) is 1. The molecular weight excluding hydrogens is 362 g/mol. The predicted molar refractivity (Wildman–Crippen MR) is 102 cm³/mol. The summed E-state index contributed by atoms with van der Waals surface area (Å²) < 4.78 is 7.29. The number of nitrogens with two attached hydrogens (primary N) is 2. The van der Waals surface area contributed by atoms with E-state index >= 15 is 0 Å². The normalized spacial score (nSPS) is 10.8. The molecule has 0 unspecified atom stereocenters. The highest BCUT2D eigenvalue weighted by Gasteiger charge is 2.12. The maximum Gasteiger partial charge on any atom is 0.335 e. The molecule has 0 fully saturated rings. The second kappa shape index (κ2) is 8.33. The number of carboxylic acid groups (broad SMARTS) is 1. The molecule has 10 nitrogen and oxygen atoms in total. The molecule has 0 spiro atoms. The van der Waals surface area contributed by atoms with Gasteiger partial charge in [0.15, 0.2) is 11.6 Å². The third kappa shape index (κ3) is 4.34. The Balaban J connectivity index is 1.59. The van der Waals surface area contributed by atoms with Gasteiger partial charge in [0.05, 0.1) is 35.4 Å². The van der Waals surface area contributed by atoms with Gasteiger partial charge in [-0.15, -0.1) is 5.10 Å². The van der Waals surface area contributed by atoms with E-state index in [2.05, 4.69) is 20.3 Å². The minimum Gasteiger partial charge on any atom is -0.488 e. The molecule has 0 saturated heterocycles. The van der Waals surface area contributed by atoms with Gasteiger partial charge in [-0.1, -0.05) is 18.2 Å². The van der Waals surface area contributed by atoms with Crippen LogP contribution in [-0.4, -0.2) is 42.6 Å². The van der Waals surface area contributed by atoms with Crippen molar-refractivity contribution in [1.82, 2.24) is 25.0 Å². The first kappa shape index (κ1) is 19.1. The zero-order chi connectivity index (χ0) is 20.1. The Morgan fingerprint density at radius 1 is 1.29 bits per heavy atom. The lowest BCUT2D eigenvalue weighted by Gasteiger charge is -2.11. The first-order valence-corrected chi connectivity index (χ1v) is 8.77. The zero-order valence-corrected chi connectivity index (χ0v) is 15.4. The maximum absolute atomic E-state index is 11.1. The molecule has 0 atom stereocenters. The molecule has 10 heteroatoms. The molecule has 0 amide bonds. The summed E-state index contributed by atoms with van der Waals surface area (Å²) in [4.78, 5) is 19.2. The van der Waals surface area contributed by atoms with E-state index in [1.165, 1.54) is 6.07 Å². The van der Waals surface area contributed by atoms with Crippen LogP contribution in [0.3, 0.4) is 0 Å². The van der Waals surface area contributed by atoms with E-state index in [4.69, 9.17) is 21.3 Å². The lowest BCUT2D eigenvalue weighted by atomic mass is 10.2. The molecule has 0 aliphatic rings. The van der Waals surface area contributed by atoms with Crippen LogP contribution in [-0.2, 0) is 12.8 Å². The molecule has 3 rings (SSSR count). The Kier molecular flexibility index (Phi) is 5.68. The summed E-state index contributed by atoms with van der Waals surface area (Å²) in [5, 5.41) is 17.3. The van der Waals surface area contributed by atoms with Crippen molar-refractivity contribution in [3.8, 4) is 11.4 Å². The summed E-state index contributed by atoms with van der Waals surface area (Å²) in [6.45, 7) is 2.34. The fourth-order valence-corrected chi connectivity index (χ4v) is 2.68. The number of carbonyl (C=O) groups is 1. The van der Waals surface area contributed by atoms with Crippen LogP contribution < -0.4 is 16.2 Å². The molecule has 3 aromatic rings. The van der Waals surface area contributed by atoms with E-state index in [9.17, 15) is 4.79 Å². The van der Waals surface area contributed by atoms with Crippen LogP contribution >= 0.6 is 0 Å². The van der Waals surface area contributed by atoms with Gasteiger partial charge in [0.1, 0.15) is 0 Å². The number of rotatable bonds is 8. The summed E-state index contributed by atoms with van der Waals surface area (Å²) in [5.41, 5.74) is 13.7. The standard InChI is InChI=1S/C18H21N7O3/c1-2-14-15(16(19)22-18(20)21-14)28-8-4-6-12-10-25(24-23-12)13-7-3-5-11(9-13)17(26)27/h3,5,7,9-10H,2,4,6,8H2,1H3,(H,26,27)(H4,19,20,21,22). The quantitative estimate of drug-likeness (QED) is 0.490. The highest BCUT2D eigenvalue weighted by molar-refractivity contribution is 5.88. The second-order valence-electron chi connectivity index (χ2n) is 6.06. The molecule has 0 aliphatic heterocycles. The maximum atomic E-state index is 11.1. The van der Waals surface area contributed by atoms with E-state index < -0.39 is 5.97 Å². The zero-order valence-electron chi connectivity index (χ0n) is 15.4. The van der Waals surface area contributed by atoms with Crippen molar-refractivity contribution in [2.24, 2.45) is 0 Å². The van der Waals surface area contributed by atoms with E-state index in [1.807, 2.05) is 6.92 Å². The van der Waals surface area contributed by atoms with Gasteiger partial charge in [0, 0.05) is 0 Å². The van der Waals surface area contributed by atoms with E-state index in [1.54, 1.807) is 29.1 Å². The molecule has 0 radical (unpaired) electrons. The highest BCUT2D eigenvalue weighted by atomic mass is 16.5. The lowest BCUT2D eigenvalue weighted by Crippen LogP contribution is -2.09. The molecule has 28 heavy (non-hydrogen) atoms. The highest BCUT2D eigenvalue weighted by Crippen LogP contribution is 2.24. The number of aryl methyl sites for hydroxylation is 2. The van der Waals surface area contributed by atoms with Crippen LogP contribution in [0.15, 0.2) is 30.5 Å². The smallest absolute Gasteiger partial charge is 0.335 e. The largest absolute Gasteiger partial charge is 0.488 e. The summed E-state index contributed by atoms with van der Waals surface area (Å²) in [7, 11) is 0. The minimum atomic E-state index is -0.989. The van der Waals surface area contributed by atoms with Crippen LogP contribution in [0.5, 0.6) is 5.75 Å². The van der Waals surface area contributed by atoms with Gasteiger partial charge in [-0.25, -0.2) is 14.5 Å². The molecule has 0 aliphatic carbocycles. The number of aromatic carboxylic acids is 1. The fourth-order valence-electron chi connectivity index (χ4n) is 2.68. The predicted octanol–water partition coefficient (Wildman–Crippen LogP) is 1.49. The summed E-state index contributed by atoms with van der Waals surface area (Å²) in [5.74, 6) is -0.165. The molecule has 0 bridgehead atoms. The van der Waals surface area contributed by atoms with Gasteiger partial charge >= 0.3 is 5.97 Å². The van der Waals surface area contributed by atoms with Crippen LogP contribution in [0.25, 0.3) is 5.69 Å². The third-order valence-electron chi connectivity index (χ3n) is 4.04. The molecule has 146 valence electrons. The van der Waals surface area contributed by atoms with Crippen molar-refractivity contribution >= 4 is 17.7 Å². The SMILES string of the molecule is CCc1nc(N)nc(N)c1OCCCc1cn(-c2cccc(C(=O)O)c2)nn1. The van der Waals surface area contributed by atoms with Crippen LogP contribution in [0.1, 0.15) is 35.1 Å². The van der Waals surface area contributed by atoms with Gasteiger partial charge in [0.2, 0.25) is 5.95 Å². The van der Waals surface area contributed by atoms with Crippen LogP contribution in [0, 0.1) is 0 Å². The van der Waals surface area contributed by atoms with Crippen molar-refractivity contribution in [3.05, 3.63) is 47.4 Å². The molecule has 0 saturated carbocycles.